The lowest BCUT2D eigenvalue weighted by atomic mass is 10.1. The first-order chi connectivity index (χ1) is 26.0. The molecular formula is C36H43FN10O6S. The average molecular weight is 763 g/mol. The second kappa shape index (κ2) is 16.6. The molecule has 0 aliphatic carbocycles. The molecule has 1 aliphatic rings. The van der Waals surface area contributed by atoms with Crippen molar-refractivity contribution >= 4 is 63.0 Å². The first kappa shape index (κ1) is 38.1. The van der Waals surface area contributed by atoms with E-state index >= 15 is 4.39 Å². The van der Waals surface area contributed by atoms with Gasteiger partial charge in [0.2, 0.25) is 17.8 Å². The van der Waals surface area contributed by atoms with Crippen LogP contribution in [0.3, 0.4) is 0 Å². The summed E-state index contributed by atoms with van der Waals surface area (Å²) in [6, 6.07) is 4.42. The Morgan fingerprint density at radius 1 is 1.00 bits per heavy atom. The van der Waals surface area contributed by atoms with Crippen molar-refractivity contribution < 1.29 is 33.0 Å². The van der Waals surface area contributed by atoms with E-state index in [0.717, 1.165) is 31.1 Å². The van der Waals surface area contributed by atoms with Gasteiger partial charge in [-0.15, -0.1) is 11.3 Å². The van der Waals surface area contributed by atoms with Crippen LogP contribution in [0.15, 0.2) is 30.4 Å². The Labute approximate surface area is 314 Å². The largest absolute Gasteiger partial charge is 0.494 e. The van der Waals surface area contributed by atoms with E-state index in [4.69, 9.17) is 30.7 Å². The van der Waals surface area contributed by atoms with Gasteiger partial charge in [-0.05, 0) is 38.0 Å². The van der Waals surface area contributed by atoms with Crippen molar-refractivity contribution in [3.63, 3.8) is 0 Å². The number of carbonyl (C=O) groups is 3. The lowest BCUT2D eigenvalue weighted by molar-refractivity contribution is 0.0358. The number of hydrogen-bond donors (Lipinski definition) is 4. The second-order valence-corrected chi connectivity index (χ2v) is 13.7. The summed E-state index contributed by atoms with van der Waals surface area (Å²) >= 11 is 1.30. The molecule has 3 amide bonds. The molecule has 16 nitrogen and oxygen atoms in total. The number of nitrogens with zero attached hydrogens (tertiary/aromatic N) is 6. The number of benzene rings is 2. The molecule has 6 rings (SSSR count). The Morgan fingerprint density at radius 3 is 2.37 bits per heavy atom. The number of methoxy groups -OCH3 is 1. The third-order valence-corrected chi connectivity index (χ3v) is 10.0. The van der Waals surface area contributed by atoms with Gasteiger partial charge in [0.25, 0.3) is 11.8 Å². The highest BCUT2D eigenvalue weighted by molar-refractivity contribution is 7.13. The number of morpholine rings is 1. The monoisotopic (exact) mass is 762 g/mol. The summed E-state index contributed by atoms with van der Waals surface area (Å²) in [5.41, 5.74) is 12.9. The van der Waals surface area contributed by atoms with E-state index < -0.39 is 17.6 Å². The van der Waals surface area contributed by atoms with Crippen molar-refractivity contribution in [3.05, 3.63) is 62.9 Å². The number of nitrogens with two attached hydrogens (primary N) is 2. The number of carbonyl (C=O) groups excluding carboxylic acids is 3. The maximum Gasteiger partial charge on any atom is 0.269 e. The molecule has 0 unspecified atom stereocenters. The van der Waals surface area contributed by atoms with E-state index in [1.54, 1.807) is 28.3 Å². The van der Waals surface area contributed by atoms with Crippen LogP contribution in [-0.4, -0.2) is 100 Å². The molecule has 0 bridgehead atoms. The summed E-state index contributed by atoms with van der Waals surface area (Å²) in [6.07, 6.45) is 4.98. The average Bonchev–Trinajstić information content (AvgIpc) is 3.85. The van der Waals surface area contributed by atoms with Crippen LogP contribution in [0.2, 0.25) is 0 Å². The molecule has 0 saturated carbocycles. The van der Waals surface area contributed by atoms with Gasteiger partial charge >= 0.3 is 0 Å². The zero-order valence-electron chi connectivity index (χ0n) is 30.5. The molecular weight excluding hydrogens is 720 g/mol. The van der Waals surface area contributed by atoms with Crippen LogP contribution >= 0.6 is 11.3 Å². The number of primary amides is 2. The second-order valence-electron chi connectivity index (χ2n) is 12.5. The Balaban J connectivity index is 1.36. The van der Waals surface area contributed by atoms with Gasteiger partial charge < -0.3 is 40.1 Å². The first-order valence-corrected chi connectivity index (χ1v) is 18.3. The molecule has 2 aromatic carbocycles. The number of hydrogen-bond acceptors (Lipinski definition) is 12. The van der Waals surface area contributed by atoms with Gasteiger partial charge in [0.1, 0.15) is 32.9 Å². The molecule has 54 heavy (non-hydrogen) atoms. The number of thiazole rings is 1. The quantitative estimate of drug-likeness (QED) is 0.0842. The number of amides is 3. The molecule has 1 aliphatic heterocycles. The first-order valence-electron chi connectivity index (χ1n) is 17.5. The Morgan fingerprint density at radius 2 is 1.72 bits per heavy atom. The molecule has 0 radical (unpaired) electrons. The van der Waals surface area contributed by atoms with Crippen LogP contribution in [0.4, 0.5) is 16.3 Å². The van der Waals surface area contributed by atoms with E-state index in [1.165, 1.54) is 24.5 Å². The SMILES string of the molecule is CCc1nc(C)sc1C(=O)Nc1nc2cc(C(N)=O)cc(OCCCN3CCOCC3)c2n1C/C=C/Cn1c(NC)nc2c(F)c(C(N)=O)cc(OC)c21. The lowest BCUT2D eigenvalue weighted by Crippen LogP contribution is -2.37. The standard InChI is InChI=1S/C36H43FN10O6S/c1-5-23-31(54-20(2)41-23)34(50)44-36-42-24-17-21(32(38)48)18-26(53-14-8-9-45-12-15-52-16-13-45)29(24)46(36)10-6-7-11-47-30-25(51-4)19-22(33(39)49)27(37)28(30)43-35(47)40-3/h6-7,17-19H,5,8-16H2,1-4H3,(H2,38,48)(H2,39,49)(H,40,43)(H,42,44,50)/b7-6+. The Hall–Kier alpha value is -5.59. The van der Waals surface area contributed by atoms with E-state index in [-0.39, 0.29) is 47.3 Å². The molecule has 6 N–H and O–H groups in total. The number of aromatic nitrogens is 5. The van der Waals surface area contributed by atoms with Crippen molar-refractivity contribution in [2.75, 3.05) is 64.2 Å². The van der Waals surface area contributed by atoms with Crippen LogP contribution in [0.1, 0.15) is 54.4 Å². The zero-order chi connectivity index (χ0) is 38.5. The van der Waals surface area contributed by atoms with Crippen LogP contribution < -0.4 is 31.6 Å². The van der Waals surface area contributed by atoms with Crippen molar-refractivity contribution in [3.8, 4) is 11.5 Å². The maximum atomic E-state index is 15.4. The molecule has 1 fully saturated rings. The van der Waals surface area contributed by atoms with Gasteiger partial charge in [-0.1, -0.05) is 19.1 Å². The number of allylic oxidation sites excluding steroid dienone is 2. The highest BCUT2D eigenvalue weighted by Crippen LogP contribution is 2.34. The summed E-state index contributed by atoms with van der Waals surface area (Å²) < 4.78 is 36.1. The van der Waals surface area contributed by atoms with Crippen LogP contribution in [0.25, 0.3) is 22.1 Å². The van der Waals surface area contributed by atoms with Crippen molar-refractivity contribution in [1.29, 1.82) is 0 Å². The Bertz CT molecular complexity index is 2240. The van der Waals surface area contributed by atoms with Crippen molar-refractivity contribution in [1.82, 2.24) is 29.0 Å². The number of aryl methyl sites for hydroxylation is 2. The zero-order valence-corrected chi connectivity index (χ0v) is 31.3. The molecule has 4 heterocycles. The highest BCUT2D eigenvalue weighted by atomic mass is 32.1. The van der Waals surface area contributed by atoms with Crippen LogP contribution in [0, 0.1) is 12.7 Å². The number of ether oxygens (including phenoxy) is 3. The van der Waals surface area contributed by atoms with Gasteiger partial charge in [0, 0.05) is 45.3 Å². The number of imidazole rings is 2. The molecule has 1 saturated heterocycles. The lowest BCUT2D eigenvalue weighted by Gasteiger charge is -2.26. The van der Waals surface area contributed by atoms with Gasteiger partial charge in [-0.2, -0.15) is 0 Å². The summed E-state index contributed by atoms with van der Waals surface area (Å²) in [7, 11) is 3.05. The third-order valence-electron chi connectivity index (χ3n) is 9.01. The van der Waals surface area contributed by atoms with Gasteiger partial charge in [-0.3, -0.25) is 24.6 Å². The summed E-state index contributed by atoms with van der Waals surface area (Å²) in [5.74, 6) is -1.65. The fourth-order valence-corrected chi connectivity index (χ4v) is 7.31. The molecule has 18 heteroatoms. The maximum absolute atomic E-state index is 15.4. The fourth-order valence-electron chi connectivity index (χ4n) is 6.41. The summed E-state index contributed by atoms with van der Waals surface area (Å²) in [4.78, 5) is 54.4. The Kier molecular flexibility index (Phi) is 11.7. The molecule has 0 atom stereocenters. The van der Waals surface area contributed by atoms with Gasteiger partial charge in [-0.25, -0.2) is 19.3 Å². The normalized spacial score (nSPS) is 13.6. The number of rotatable bonds is 16. The van der Waals surface area contributed by atoms with Crippen molar-refractivity contribution in [2.24, 2.45) is 11.5 Å². The van der Waals surface area contributed by atoms with E-state index in [9.17, 15) is 14.4 Å². The molecule has 0 spiro atoms. The summed E-state index contributed by atoms with van der Waals surface area (Å²) in [6.45, 7) is 8.45. The minimum atomic E-state index is -0.941. The smallest absolute Gasteiger partial charge is 0.269 e. The minimum absolute atomic E-state index is 0.0723. The number of anilines is 2. The van der Waals surface area contributed by atoms with Gasteiger partial charge in [0.05, 0.1) is 48.7 Å². The number of fused-ring (bicyclic) bond motifs is 2. The molecule has 3 aromatic heterocycles. The van der Waals surface area contributed by atoms with E-state index in [1.807, 2.05) is 26.0 Å². The minimum Gasteiger partial charge on any atom is -0.494 e. The highest BCUT2D eigenvalue weighted by Gasteiger charge is 2.24. The van der Waals surface area contributed by atoms with Crippen LogP contribution in [-0.2, 0) is 24.2 Å². The number of nitrogens with one attached hydrogen (secondary N) is 2. The van der Waals surface area contributed by atoms with Gasteiger partial charge in [0.15, 0.2) is 5.82 Å². The predicted molar refractivity (Wildman–Crippen MR) is 203 cm³/mol. The van der Waals surface area contributed by atoms with Crippen LogP contribution in [0.5, 0.6) is 11.5 Å². The third kappa shape index (κ3) is 7.85. The fraction of sp³-hybridized carbons (Fsp3) is 0.389. The van der Waals surface area contributed by atoms with E-state index in [2.05, 4.69) is 25.5 Å². The van der Waals surface area contributed by atoms with E-state index in [0.29, 0.717) is 65.1 Å². The predicted octanol–water partition coefficient (Wildman–Crippen LogP) is 3.71. The molecule has 286 valence electrons. The summed E-state index contributed by atoms with van der Waals surface area (Å²) in [5, 5.41) is 6.69. The topological polar surface area (TPSA) is 207 Å². The molecule has 5 aromatic rings. The number of halogens is 1. The van der Waals surface area contributed by atoms with Crippen molar-refractivity contribution in [2.45, 2.75) is 39.8 Å².